The van der Waals surface area contributed by atoms with Gasteiger partial charge < -0.3 is 14.4 Å². The summed E-state index contributed by atoms with van der Waals surface area (Å²) in [7, 11) is 3.26. The minimum Gasteiger partial charge on any atom is -0.497 e. The Bertz CT molecular complexity index is 472. The fraction of sp³-hybridized carbons (Fsp3) is 0.533. The number of carbonyl (C=O) groups is 1. The molecule has 1 saturated heterocycles. The largest absolute Gasteiger partial charge is 0.497 e. The topological polar surface area (TPSA) is 38.8 Å². The summed E-state index contributed by atoms with van der Waals surface area (Å²) in [6, 6.07) is 5.70. The van der Waals surface area contributed by atoms with E-state index in [0.29, 0.717) is 12.5 Å². The molecule has 1 aromatic carbocycles. The molecule has 0 unspecified atom stereocenters. The van der Waals surface area contributed by atoms with E-state index in [0.717, 1.165) is 23.6 Å². The van der Waals surface area contributed by atoms with Crippen LogP contribution in [0.4, 0.5) is 0 Å². The Balaban J connectivity index is 2.17. The first-order chi connectivity index (χ1) is 9.06. The lowest BCUT2D eigenvalue weighted by Gasteiger charge is -2.18. The number of rotatable bonds is 4. The van der Waals surface area contributed by atoms with Crippen LogP contribution in [0.5, 0.6) is 11.5 Å². The standard InChI is InChI=1S/C15H21NO3/c1-10-8-16(15(17)11(10)2)9-12-5-6-13(18-3)7-14(12)19-4/h5-7,10-11H,8-9H2,1-4H3/t10-,11+/m0/s1. The molecule has 0 bridgehead atoms. The number of ether oxygens (including phenoxy) is 2. The van der Waals surface area contributed by atoms with Crippen molar-refractivity contribution in [2.75, 3.05) is 20.8 Å². The molecule has 1 aliphatic heterocycles. The summed E-state index contributed by atoms with van der Waals surface area (Å²) >= 11 is 0. The molecule has 4 heteroatoms. The smallest absolute Gasteiger partial charge is 0.226 e. The maximum Gasteiger partial charge on any atom is 0.226 e. The van der Waals surface area contributed by atoms with Crippen molar-refractivity contribution in [3.8, 4) is 11.5 Å². The molecule has 0 N–H and O–H groups in total. The lowest BCUT2D eigenvalue weighted by atomic mass is 10.0. The van der Waals surface area contributed by atoms with E-state index in [1.54, 1.807) is 14.2 Å². The summed E-state index contributed by atoms with van der Waals surface area (Å²) in [5.41, 5.74) is 1.01. The van der Waals surface area contributed by atoms with Crippen LogP contribution in [0.15, 0.2) is 18.2 Å². The van der Waals surface area contributed by atoms with Crippen molar-refractivity contribution in [2.45, 2.75) is 20.4 Å². The van der Waals surface area contributed by atoms with Gasteiger partial charge in [0.1, 0.15) is 11.5 Å². The highest BCUT2D eigenvalue weighted by Gasteiger charge is 2.34. The van der Waals surface area contributed by atoms with Crippen LogP contribution in [0.1, 0.15) is 19.4 Å². The molecule has 1 heterocycles. The molecule has 4 nitrogen and oxygen atoms in total. The SMILES string of the molecule is COc1ccc(CN2C[C@H](C)[C@@H](C)C2=O)c(OC)c1. The van der Waals surface area contributed by atoms with E-state index < -0.39 is 0 Å². The molecule has 2 atom stereocenters. The summed E-state index contributed by atoms with van der Waals surface area (Å²) in [5, 5.41) is 0. The van der Waals surface area contributed by atoms with Gasteiger partial charge >= 0.3 is 0 Å². The van der Waals surface area contributed by atoms with E-state index in [-0.39, 0.29) is 11.8 Å². The second-order valence-electron chi connectivity index (χ2n) is 5.16. The maximum atomic E-state index is 12.1. The van der Waals surface area contributed by atoms with Crippen LogP contribution < -0.4 is 9.47 Å². The molecule has 0 aromatic heterocycles. The first-order valence-corrected chi connectivity index (χ1v) is 6.56. The van der Waals surface area contributed by atoms with Gasteiger partial charge in [-0.05, 0) is 18.1 Å². The van der Waals surface area contributed by atoms with Crippen molar-refractivity contribution in [1.29, 1.82) is 0 Å². The number of carbonyl (C=O) groups excluding carboxylic acids is 1. The summed E-state index contributed by atoms with van der Waals surface area (Å²) in [5.74, 6) is 2.28. The minimum absolute atomic E-state index is 0.115. The van der Waals surface area contributed by atoms with Crippen molar-refractivity contribution < 1.29 is 14.3 Å². The van der Waals surface area contributed by atoms with Crippen LogP contribution in [-0.4, -0.2) is 31.6 Å². The van der Waals surface area contributed by atoms with E-state index in [9.17, 15) is 4.79 Å². The summed E-state index contributed by atoms with van der Waals surface area (Å²) in [4.78, 5) is 14.0. The van der Waals surface area contributed by atoms with Crippen LogP contribution in [0.3, 0.4) is 0 Å². The molecule has 0 spiro atoms. The lowest BCUT2D eigenvalue weighted by molar-refractivity contribution is -0.131. The summed E-state index contributed by atoms with van der Waals surface area (Å²) in [6.45, 7) is 5.53. The fourth-order valence-electron chi connectivity index (χ4n) is 2.46. The molecule has 2 rings (SSSR count). The predicted octanol–water partition coefficient (Wildman–Crippen LogP) is 2.32. The van der Waals surface area contributed by atoms with Crippen LogP contribution >= 0.6 is 0 Å². The van der Waals surface area contributed by atoms with Gasteiger partial charge in [-0.25, -0.2) is 0 Å². The minimum atomic E-state index is 0.115. The third kappa shape index (κ3) is 2.67. The molecular formula is C15H21NO3. The molecular weight excluding hydrogens is 242 g/mol. The van der Waals surface area contributed by atoms with Crippen molar-refractivity contribution in [3.05, 3.63) is 23.8 Å². The molecule has 0 saturated carbocycles. The maximum absolute atomic E-state index is 12.1. The normalized spacial score (nSPS) is 22.7. The molecule has 1 amide bonds. The molecule has 0 radical (unpaired) electrons. The second kappa shape index (κ2) is 5.51. The van der Waals surface area contributed by atoms with E-state index >= 15 is 0 Å². The highest BCUT2D eigenvalue weighted by atomic mass is 16.5. The van der Waals surface area contributed by atoms with Crippen molar-refractivity contribution >= 4 is 5.91 Å². The first-order valence-electron chi connectivity index (χ1n) is 6.56. The monoisotopic (exact) mass is 263 g/mol. The number of hydrogen-bond acceptors (Lipinski definition) is 3. The Labute approximate surface area is 114 Å². The molecule has 0 aliphatic carbocycles. The van der Waals surface area contributed by atoms with Gasteiger partial charge in [0.15, 0.2) is 0 Å². The van der Waals surface area contributed by atoms with E-state index in [1.165, 1.54) is 0 Å². The van der Waals surface area contributed by atoms with Gasteiger partial charge in [0.05, 0.1) is 14.2 Å². The van der Waals surface area contributed by atoms with E-state index in [4.69, 9.17) is 9.47 Å². The van der Waals surface area contributed by atoms with Crippen molar-refractivity contribution in [3.63, 3.8) is 0 Å². The number of amides is 1. The van der Waals surface area contributed by atoms with Crippen LogP contribution in [0.25, 0.3) is 0 Å². The number of likely N-dealkylation sites (tertiary alicyclic amines) is 1. The average molecular weight is 263 g/mol. The zero-order valence-electron chi connectivity index (χ0n) is 12.0. The van der Waals surface area contributed by atoms with Gasteiger partial charge in [-0.3, -0.25) is 4.79 Å². The zero-order chi connectivity index (χ0) is 14.0. The summed E-state index contributed by atoms with van der Waals surface area (Å²) < 4.78 is 10.5. The quantitative estimate of drug-likeness (QED) is 0.837. The number of benzene rings is 1. The Morgan fingerprint density at radius 2 is 2.00 bits per heavy atom. The number of nitrogens with zero attached hydrogens (tertiary/aromatic N) is 1. The molecule has 104 valence electrons. The van der Waals surface area contributed by atoms with Gasteiger partial charge in [-0.15, -0.1) is 0 Å². The third-order valence-corrected chi connectivity index (χ3v) is 3.92. The molecule has 1 aliphatic rings. The van der Waals surface area contributed by atoms with Crippen LogP contribution in [0, 0.1) is 11.8 Å². The third-order valence-electron chi connectivity index (χ3n) is 3.92. The van der Waals surface area contributed by atoms with Gasteiger partial charge in [0, 0.05) is 30.6 Å². The first kappa shape index (κ1) is 13.7. The Morgan fingerprint density at radius 3 is 2.53 bits per heavy atom. The lowest BCUT2D eigenvalue weighted by Crippen LogP contribution is -2.26. The van der Waals surface area contributed by atoms with E-state index in [1.807, 2.05) is 30.0 Å². The molecule has 19 heavy (non-hydrogen) atoms. The van der Waals surface area contributed by atoms with Crippen molar-refractivity contribution in [1.82, 2.24) is 4.90 Å². The van der Waals surface area contributed by atoms with Gasteiger partial charge in [-0.2, -0.15) is 0 Å². The zero-order valence-corrected chi connectivity index (χ0v) is 12.0. The Hall–Kier alpha value is -1.71. The van der Waals surface area contributed by atoms with Crippen LogP contribution in [0.2, 0.25) is 0 Å². The fourth-order valence-corrected chi connectivity index (χ4v) is 2.46. The number of methoxy groups -OCH3 is 2. The Kier molecular flexibility index (Phi) is 3.98. The summed E-state index contributed by atoms with van der Waals surface area (Å²) in [6.07, 6.45) is 0. The van der Waals surface area contributed by atoms with Gasteiger partial charge in [0.2, 0.25) is 5.91 Å². The van der Waals surface area contributed by atoms with Gasteiger partial charge in [-0.1, -0.05) is 13.8 Å². The van der Waals surface area contributed by atoms with Gasteiger partial charge in [0.25, 0.3) is 0 Å². The highest BCUT2D eigenvalue weighted by Crippen LogP contribution is 2.30. The predicted molar refractivity (Wildman–Crippen MR) is 73.3 cm³/mol. The van der Waals surface area contributed by atoms with Crippen molar-refractivity contribution in [2.24, 2.45) is 11.8 Å². The molecule has 1 fully saturated rings. The molecule has 1 aromatic rings. The average Bonchev–Trinajstić information content (AvgIpc) is 2.67. The second-order valence-corrected chi connectivity index (χ2v) is 5.16. The highest BCUT2D eigenvalue weighted by molar-refractivity contribution is 5.81. The number of hydrogen-bond donors (Lipinski definition) is 0. The van der Waals surface area contributed by atoms with E-state index in [2.05, 4.69) is 6.92 Å². The Morgan fingerprint density at radius 1 is 1.26 bits per heavy atom. The van der Waals surface area contributed by atoms with Crippen LogP contribution in [-0.2, 0) is 11.3 Å².